The van der Waals surface area contributed by atoms with E-state index in [1.807, 2.05) is 0 Å². The van der Waals surface area contributed by atoms with Gasteiger partial charge in [-0.1, -0.05) is 18.5 Å². The quantitative estimate of drug-likeness (QED) is 0.333. The van der Waals surface area contributed by atoms with Crippen LogP contribution in [-0.4, -0.2) is 35.5 Å². The Balaban J connectivity index is 1.80. The van der Waals surface area contributed by atoms with E-state index in [0.29, 0.717) is 22.9 Å². The molecule has 1 N–H and O–H groups in total. The molecule has 0 fully saturated rings. The fraction of sp³-hybridized carbons (Fsp3) is 0.409. The molecule has 0 radical (unpaired) electrons. The van der Waals surface area contributed by atoms with Crippen LogP contribution in [0.3, 0.4) is 0 Å². The van der Waals surface area contributed by atoms with Crippen LogP contribution in [0.25, 0.3) is 0 Å². The number of nitrogens with one attached hydrogen (secondary N) is 1. The number of halogens is 1. The van der Waals surface area contributed by atoms with Crippen molar-refractivity contribution >= 4 is 51.5 Å². The number of carbonyl (C=O) groups is 3. The first-order valence-corrected chi connectivity index (χ1v) is 11.6. The second kappa shape index (κ2) is 10.3. The second-order valence-electron chi connectivity index (χ2n) is 7.73. The van der Waals surface area contributed by atoms with Gasteiger partial charge in [-0.15, -0.1) is 11.3 Å². The third kappa shape index (κ3) is 5.51. The summed E-state index contributed by atoms with van der Waals surface area (Å²) in [6.07, 6.45) is 1.14. The van der Waals surface area contributed by atoms with Crippen molar-refractivity contribution in [2.24, 2.45) is 5.92 Å². The molecule has 1 amide bonds. The average molecular weight is 495 g/mol. The van der Waals surface area contributed by atoms with Crippen LogP contribution in [0, 0.1) is 16.0 Å². The monoisotopic (exact) mass is 494 g/mol. The van der Waals surface area contributed by atoms with Crippen LogP contribution in [0.5, 0.6) is 0 Å². The SMILES string of the molecule is CCOC(=O)c1c(NC(=O)[C@H](C)OC(=O)c2cc(Cl)ccc2[N+](=O)[O-])sc2c1CC[C@@H](C)C2. The number of nitro groups is 1. The van der Waals surface area contributed by atoms with E-state index in [2.05, 4.69) is 12.2 Å². The zero-order chi connectivity index (χ0) is 24.3. The van der Waals surface area contributed by atoms with Crippen LogP contribution in [-0.2, 0) is 27.1 Å². The van der Waals surface area contributed by atoms with E-state index < -0.39 is 34.6 Å². The van der Waals surface area contributed by atoms with Gasteiger partial charge in [-0.25, -0.2) is 9.59 Å². The summed E-state index contributed by atoms with van der Waals surface area (Å²) < 4.78 is 10.3. The number of amides is 1. The second-order valence-corrected chi connectivity index (χ2v) is 9.27. The van der Waals surface area contributed by atoms with Gasteiger partial charge in [0.2, 0.25) is 0 Å². The van der Waals surface area contributed by atoms with Crippen molar-refractivity contribution in [2.75, 3.05) is 11.9 Å². The Labute approximate surface area is 199 Å². The van der Waals surface area contributed by atoms with Gasteiger partial charge >= 0.3 is 11.9 Å². The number of carbonyl (C=O) groups excluding carboxylic acids is 3. The molecule has 2 atom stereocenters. The van der Waals surface area contributed by atoms with Crippen LogP contribution in [0.1, 0.15) is 58.3 Å². The molecule has 2 aromatic rings. The van der Waals surface area contributed by atoms with Gasteiger partial charge in [0.05, 0.1) is 17.1 Å². The minimum atomic E-state index is -1.29. The summed E-state index contributed by atoms with van der Waals surface area (Å²) in [4.78, 5) is 49.4. The number of esters is 2. The molecule has 3 rings (SSSR count). The highest BCUT2D eigenvalue weighted by Crippen LogP contribution is 2.40. The molecule has 0 spiro atoms. The summed E-state index contributed by atoms with van der Waals surface area (Å²) in [5.41, 5.74) is 0.369. The molecule has 9 nitrogen and oxygen atoms in total. The standard InChI is InChI=1S/C22H23ClN2O7S/c1-4-31-22(28)18-14-7-5-11(2)9-17(14)33-20(18)24-19(26)12(3)32-21(27)15-10-13(23)6-8-16(15)25(29)30/h6,8,10-12H,4-5,7,9H2,1-3H3,(H,24,26)/t11-,12+/m1/s1. The molecule has 0 aliphatic heterocycles. The first-order chi connectivity index (χ1) is 15.6. The lowest BCUT2D eigenvalue weighted by molar-refractivity contribution is -0.385. The van der Waals surface area contributed by atoms with E-state index in [0.717, 1.165) is 35.4 Å². The Bertz CT molecular complexity index is 1110. The third-order valence-corrected chi connectivity index (χ3v) is 6.66. The minimum Gasteiger partial charge on any atom is -0.462 e. The highest BCUT2D eigenvalue weighted by Gasteiger charge is 2.31. The van der Waals surface area contributed by atoms with Crippen molar-refractivity contribution in [1.29, 1.82) is 0 Å². The molecule has 0 saturated carbocycles. The number of benzene rings is 1. The molecule has 0 unspecified atom stereocenters. The molecule has 1 aliphatic rings. The van der Waals surface area contributed by atoms with Crippen LogP contribution >= 0.6 is 22.9 Å². The Morgan fingerprint density at radius 3 is 2.73 bits per heavy atom. The summed E-state index contributed by atoms with van der Waals surface area (Å²) in [5, 5.41) is 14.3. The number of anilines is 1. The molecule has 33 heavy (non-hydrogen) atoms. The number of fused-ring (bicyclic) bond motifs is 1. The number of nitrogens with zero attached hydrogens (tertiary/aromatic N) is 1. The van der Waals surface area contributed by atoms with Crippen LogP contribution < -0.4 is 5.32 Å². The maximum Gasteiger partial charge on any atom is 0.345 e. The van der Waals surface area contributed by atoms with E-state index in [-0.39, 0.29) is 17.2 Å². The van der Waals surface area contributed by atoms with E-state index in [9.17, 15) is 24.5 Å². The number of rotatable bonds is 7. The maximum absolute atomic E-state index is 12.8. The topological polar surface area (TPSA) is 125 Å². The van der Waals surface area contributed by atoms with Gasteiger partial charge in [-0.2, -0.15) is 0 Å². The maximum atomic E-state index is 12.8. The number of thiophene rings is 1. The lowest BCUT2D eigenvalue weighted by Gasteiger charge is -2.18. The minimum absolute atomic E-state index is 0.113. The molecule has 0 saturated heterocycles. The summed E-state index contributed by atoms with van der Waals surface area (Å²) in [6, 6.07) is 3.48. The van der Waals surface area contributed by atoms with Gasteiger partial charge in [0, 0.05) is 16.0 Å². The lowest BCUT2D eigenvalue weighted by atomic mass is 9.88. The van der Waals surface area contributed by atoms with Crippen molar-refractivity contribution in [3.8, 4) is 0 Å². The molecular formula is C22H23ClN2O7S. The van der Waals surface area contributed by atoms with Gasteiger partial charge in [-0.3, -0.25) is 14.9 Å². The summed E-state index contributed by atoms with van der Waals surface area (Å²) in [5.74, 6) is -1.79. The third-order valence-electron chi connectivity index (χ3n) is 5.26. The van der Waals surface area contributed by atoms with Gasteiger partial charge in [0.25, 0.3) is 11.6 Å². The zero-order valence-electron chi connectivity index (χ0n) is 18.3. The Kier molecular flexibility index (Phi) is 7.70. The Morgan fingerprint density at radius 1 is 1.33 bits per heavy atom. The largest absolute Gasteiger partial charge is 0.462 e. The van der Waals surface area contributed by atoms with E-state index in [1.54, 1.807) is 6.92 Å². The fourth-order valence-electron chi connectivity index (χ4n) is 3.58. The summed E-state index contributed by atoms with van der Waals surface area (Å²) >= 11 is 7.16. The molecule has 0 bridgehead atoms. The Hall–Kier alpha value is -2.98. The van der Waals surface area contributed by atoms with Crippen LogP contribution in [0.4, 0.5) is 10.7 Å². The van der Waals surface area contributed by atoms with Gasteiger partial charge in [-0.05, 0) is 56.7 Å². The number of hydrogen-bond donors (Lipinski definition) is 1. The van der Waals surface area contributed by atoms with E-state index in [4.69, 9.17) is 21.1 Å². The van der Waals surface area contributed by atoms with Gasteiger partial charge in [0.15, 0.2) is 6.10 Å². The lowest BCUT2D eigenvalue weighted by Crippen LogP contribution is -2.30. The highest BCUT2D eigenvalue weighted by molar-refractivity contribution is 7.17. The summed E-state index contributed by atoms with van der Waals surface area (Å²) in [6.45, 7) is 5.36. The zero-order valence-corrected chi connectivity index (χ0v) is 19.9. The van der Waals surface area contributed by atoms with E-state index >= 15 is 0 Å². The molecule has 1 aromatic carbocycles. The van der Waals surface area contributed by atoms with Crippen molar-refractivity contribution in [2.45, 2.75) is 46.1 Å². The van der Waals surface area contributed by atoms with Crippen molar-refractivity contribution in [1.82, 2.24) is 0 Å². The molecule has 1 heterocycles. The normalized spacial score (nSPS) is 15.8. The van der Waals surface area contributed by atoms with Gasteiger partial charge in [0.1, 0.15) is 10.6 Å². The smallest absolute Gasteiger partial charge is 0.345 e. The predicted octanol–water partition coefficient (Wildman–Crippen LogP) is 4.80. The highest BCUT2D eigenvalue weighted by atomic mass is 35.5. The van der Waals surface area contributed by atoms with Crippen molar-refractivity contribution in [3.05, 3.63) is 54.9 Å². The molecule has 176 valence electrons. The van der Waals surface area contributed by atoms with Crippen molar-refractivity contribution < 1.29 is 28.8 Å². The Morgan fingerprint density at radius 2 is 2.06 bits per heavy atom. The van der Waals surface area contributed by atoms with Crippen molar-refractivity contribution in [3.63, 3.8) is 0 Å². The van der Waals surface area contributed by atoms with Gasteiger partial charge < -0.3 is 14.8 Å². The predicted molar refractivity (Wildman–Crippen MR) is 123 cm³/mol. The number of ether oxygens (including phenoxy) is 2. The first kappa shape index (κ1) is 24.7. The molecule has 1 aliphatic carbocycles. The molecular weight excluding hydrogens is 472 g/mol. The summed E-state index contributed by atoms with van der Waals surface area (Å²) in [7, 11) is 0. The number of nitro benzene ring substituents is 1. The van der Waals surface area contributed by atoms with Crippen LogP contribution in [0.15, 0.2) is 18.2 Å². The first-order valence-electron chi connectivity index (χ1n) is 10.4. The van der Waals surface area contributed by atoms with Crippen LogP contribution in [0.2, 0.25) is 5.02 Å². The fourth-order valence-corrected chi connectivity index (χ4v) is 5.15. The molecule has 11 heteroatoms. The number of hydrogen-bond acceptors (Lipinski definition) is 8. The molecule has 1 aromatic heterocycles. The average Bonchev–Trinajstić information content (AvgIpc) is 3.10. The van der Waals surface area contributed by atoms with E-state index in [1.165, 1.54) is 24.3 Å².